The second-order valence-corrected chi connectivity index (χ2v) is 8.67. The van der Waals surface area contributed by atoms with Gasteiger partial charge in [-0.1, -0.05) is 11.6 Å². The molecular formula is C19H20ClFN2O5S. The molecule has 0 saturated carbocycles. The van der Waals surface area contributed by atoms with Crippen molar-refractivity contribution in [3.8, 4) is 5.75 Å². The SMILES string of the molecule is CN(C(=O)COc1ccc(S(=O)(=O)N2CCOCC2)cc1Cl)c1ccc(F)cc1. The van der Waals surface area contributed by atoms with Gasteiger partial charge in [0.25, 0.3) is 5.91 Å². The van der Waals surface area contributed by atoms with Gasteiger partial charge in [-0.05, 0) is 42.5 Å². The van der Waals surface area contributed by atoms with Crippen molar-refractivity contribution < 1.29 is 27.1 Å². The molecule has 7 nitrogen and oxygen atoms in total. The Morgan fingerprint density at radius 3 is 2.48 bits per heavy atom. The van der Waals surface area contributed by atoms with Crippen LogP contribution in [0.2, 0.25) is 5.02 Å². The van der Waals surface area contributed by atoms with Gasteiger partial charge in [-0.25, -0.2) is 12.8 Å². The van der Waals surface area contributed by atoms with Crippen molar-refractivity contribution in [3.05, 3.63) is 53.3 Å². The Bertz CT molecular complexity index is 979. The normalized spacial score (nSPS) is 15.1. The Balaban J connectivity index is 1.66. The third-order valence-corrected chi connectivity index (χ3v) is 6.64. The van der Waals surface area contributed by atoms with Crippen LogP contribution in [0.15, 0.2) is 47.4 Å². The van der Waals surface area contributed by atoms with Crippen LogP contribution >= 0.6 is 11.6 Å². The zero-order chi connectivity index (χ0) is 21.0. The first kappa shape index (κ1) is 21.5. The van der Waals surface area contributed by atoms with E-state index in [1.807, 2.05) is 0 Å². The Hall–Kier alpha value is -2.20. The van der Waals surface area contributed by atoms with Crippen LogP contribution in [0, 0.1) is 5.82 Å². The summed E-state index contributed by atoms with van der Waals surface area (Å²) in [5, 5.41) is 0.0802. The highest BCUT2D eigenvalue weighted by molar-refractivity contribution is 7.89. The van der Waals surface area contributed by atoms with Crippen molar-refractivity contribution >= 4 is 33.2 Å². The number of nitrogens with zero attached hydrogens (tertiary/aromatic N) is 2. The minimum absolute atomic E-state index is 0.0477. The molecule has 1 aliphatic heterocycles. The predicted octanol–water partition coefficient (Wildman–Crippen LogP) is 2.54. The van der Waals surface area contributed by atoms with Crippen molar-refractivity contribution in [1.29, 1.82) is 0 Å². The average Bonchev–Trinajstić information content (AvgIpc) is 2.73. The number of carbonyl (C=O) groups excluding carboxylic acids is 1. The van der Waals surface area contributed by atoms with Gasteiger partial charge in [0.1, 0.15) is 11.6 Å². The molecule has 2 aromatic carbocycles. The van der Waals surface area contributed by atoms with Crippen molar-refractivity contribution in [3.63, 3.8) is 0 Å². The van der Waals surface area contributed by atoms with Gasteiger partial charge < -0.3 is 14.4 Å². The number of sulfonamides is 1. The lowest BCUT2D eigenvalue weighted by molar-refractivity contribution is -0.120. The molecule has 0 aliphatic carbocycles. The fourth-order valence-corrected chi connectivity index (χ4v) is 4.47. The quantitative estimate of drug-likeness (QED) is 0.687. The number of carbonyl (C=O) groups is 1. The molecule has 0 N–H and O–H groups in total. The zero-order valence-corrected chi connectivity index (χ0v) is 17.2. The average molecular weight is 443 g/mol. The number of rotatable bonds is 6. The van der Waals surface area contributed by atoms with E-state index in [1.165, 1.54) is 51.7 Å². The van der Waals surface area contributed by atoms with Gasteiger partial charge in [-0.3, -0.25) is 4.79 Å². The lowest BCUT2D eigenvalue weighted by Crippen LogP contribution is -2.40. The van der Waals surface area contributed by atoms with E-state index in [1.54, 1.807) is 7.05 Å². The summed E-state index contributed by atoms with van der Waals surface area (Å²) in [6, 6.07) is 9.57. The van der Waals surface area contributed by atoms with E-state index in [4.69, 9.17) is 21.1 Å². The number of hydrogen-bond donors (Lipinski definition) is 0. The van der Waals surface area contributed by atoms with Crippen molar-refractivity contribution in [2.75, 3.05) is 44.9 Å². The molecule has 1 saturated heterocycles. The van der Waals surface area contributed by atoms with E-state index in [0.29, 0.717) is 18.9 Å². The number of amides is 1. The number of morpholine rings is 1. The first-order valence-electron chi connectivity index (χ1n) is 8.81. The predicted molar refractivity (Wildman–Crippen MR) is 106 cm³/mol. The second kappa shape index (κ2) is 9.08. The summed E-state index contributed by atoms with van der Waals surface area (Å²) in [4.78, 5) is 13.7. The number of benzene rings is 2. The molecule has 0 radical (unpaired) electrons. The van der Waals surface area contributed by atoms with Gasteiger partial charge in [-0.15, -0.1) is 0 Å². The van der Waals surface area contributed by atoms with E-state index in [-0.39, 0.29) is 41.3 Å². The second-order valence-electron chi connectivity index (χ2n) is 6.33. The smallest absolute Gasteiger partial charge is 0.264 e. The maximum Gasteiger partial charge on any atom is 0.264 e. The van der Waals surface area contributed by atoms with E-state index < -0.39 is 15.8 Å². The van der Waals surface area contributed by atoms with E-state index in [2.05, 4.69) is 0 Å². The molecular weight excluding hydrogens is 423 g/mol. The van der Waals surface area contributed by atoms with Gasteiger partial charge in [0.15, 0.2) is 6.61 Å². The first-order valence-corrected chi connectivity index (χ1v) is 10.6. The van der Waals surface area contributed by atoms with Crippen LogP contribution < -0.4 is 9.64 Å². The van der Waals surface area contributed by atoms with Gasteiger partial charge >= 0.3 is 0 Å². The molecule has 10 heteroatoms. The minimum Gasteiger partial charge on any atom is -0.482 e. The molecule has 1 fully saturated rings. The molecule has 0 spiro atoms. The lowest BCUT2D eigenvalue weighted by Gasteiger charge is -2.26. The van der Waals surface area contributed by atoms with Gasteiger partial charge in [-0.2, -0.15) is 4.31 Å². The molecule has 1 amide bonds. The Morgan fingerprint density at radius 1 is 1.21 bits per heavy atom. The standard InChI is InChI=1S/C19H20ClFN2O5S/c1-22(15-4-2-14(21)3-5-15)19(24)13-28-18-7-6-16(12-17(18)20)29(25,26)23-8-10-27-11-9-23/h2-7,12H,8-11,13H2,1H3. The maximum absolute atomic E-state index is 13.0. The van der Waals surface area contributed by atoms with E-state index in [9.17, 15) is 17.6 Å². The van der Waals surface area contributed by atoms with Gasteiger partial charge in [0.2, 0.25) is 10.0 Å². The highest BCUT2D eigenvalue weighted by atomic mass is 35.5. The molecule has 0 aromatic heterocycles. The highest BCUT2D eigenvalue weighted by Gasteiger charge is 2.27. The number of ether oxygens (including phenoxy) is 2. The third-order valence-electron chi connectivity index (χ3n) is 4.45. The van der Waals surface area contributed by atoms with Gasteiger partial charge in [0.05, 0.1) is 23.1 Å². The fourth-order valence-electron chi connectivity index (χ4n) is 2.74. The molecule has 3 rings (SSSR count). The molecule has 156 valence electrons. The third kappa shape index (κ3) is 5.05. The highest BCUT2D eigenvalue weighted by Crippen LogP contribution is 2.29. The Labute approximate surface area is 173 Å². The monoisotopic (exact) mass is 442 g/mol. The van der Waals surface area contributed by atoms with Crippen LogP contribution in [0.25, 0.3) is 0 Å². The summed E-state index contributed by atoms with van der Waals surface area (Å²) in [7, 11) is -2.14. The van der Waals surface area contributed by atoms with Crippen LogP contribution in [0.3, 0.4) is 0 Å². The van der Waals surface area contributed by atoms with E-state index in [0.717, 1.165) is 0 Å². The van der Waals surface area contributed by atoms with Gasteiger partial charge in [0, 0.05) is 25.8 Å². The molecule has 0 unspecified atom stereocenters. The van der Waals surface area contributed by atoms with Crippen molar-refractivity contribution in [2.45, 2.75) is 4.90 Å². The van der Waals surface area contributed by atoms with Crippen LogP contribution in [0.4, 0.5) is 10.1 Å². The molecule has 1 heterocycles. The maximum atomic E-state index is 13.0. The fraction of sp³-hybridized carbons (Fsp3) is 0.316. The number of hydrogen-bond acceptors (Lipinski definition) is 5. The summed E-state index contributed by atoms with van der Waals surface area (Å²) in [6.07, 6.45) is 0. The van der Waals surface area contributed by atoms with Crippen LogP contribution in [0.5, 0.6) is 5.75 Å². The molecule has 0 bridgehead atoms. The largest absolute Gasteiger partial charge is 0.482 e. The first-order chi connectivity index (χ1) is 13.8. The number of anilines is 1. The Kier molecular flexibility index (Phi) is 6.74. The summed E-state index contributed by atoms with van der Waals surface area (Å²) >= 11 is 6.17. The van der Waals surface area contributed by atoms with Crippen molar-refractivity contribution in [2.24, 2.45) is 0 Å². The summed E-state index contributed by atoms with van der Waals surface area (Å²) in [6.45, 7) is 0.934. The Morgan fingerprint density at radius 2 is 1.86 bits per heavy atom. The summed E-state index contributed by atoms with van der Waals surface area (Å²) < 4.78 is 50.3. The van der Waals surface area contributed by atoms with Crippen LogP contribution in [-0.2, 0) is 19.6 Å². The summed E-state index contributed by atoms with van der Waals surface area (Å²) in [5.74, 6) is -0.587. The lowest BCUT2D eigenvalue weighted by atomic mass is 10.3. The molecule has 2 aromatic rings. The van der Waals surface area contributed by atoms with E-state index >= 15 is 0 Å². The van der Waals surface area contributed by atoms with Crippen LogP contribution in [0.1, 0.15) is 0 Å². The molecule has 29 heavy (non-hydrogen) atoms. The number of likely N-dealkylation sites (N-methyl/N-ethyl adjacent to an activating group) is 1. The minimum atomic E-state index is -3.68. The molecule has 0 atom stereocenters. The topological polar surface area (TPSA) is 76.2 Å². The molecule has 1 aliphatic rings. The van der Waals surface area contributed by atoms with Crippen LogP contribution in [-0.4, -0.2) is 58.6 Å². The summed E-state index contributed by atoms with van der Waals surface area (Å²) in [5.41, 5.74) is 0.512. The number of halogens is 2. The van der Waals surface area contributed by atoms with Crippen molar-refractivity contribution in [1.82, 2.24) is 4.31 Å². The zero-order valence-electron chi connectivity index (χ0n) is 15.7.